The van der Waals surface area contributed by atoms with Crippen molar-refractivity contribution in [2.24, 2.45) is 5.73 Å². The summed E-state index contributed by atoms with van der Waals surface area (Å²) in [4.78, 5) is 0. The molecule has 0 unspecified atom stereocenters. The Bertz CT molecular complexity index is 107. The van der Waals surface area contributed by atoms with Crippen LogP contribution in [-0.4, -0.2) is 25.2 Å². The van der Waals surface area contributed by atoms with Crippen LogP contribution in [0.4, 0.5) is 8.78 Å². The van der Waals surface area contributed by atoms with Gasteiger partial charge in [0.2, 0.25) is 0 Å². The Labute approximate surface area is 52.0 Å². The topological polar surface area (TPSA) is 35.2 Å². The molecule has 1 saturated heterocycles. The number of hydrogen-bond donors (Lipinski definition) is 1. The second-order valence-corrected chi connectivity index (χ2v) is 2.21. The molecule has 0 aromatic rings. The molecule has 0 saturated carbocycles. The average molecular weight is 137 g/mol. The Morgan fingerprint density at radius 2 is 2.22 bits per heavy atom. The van der Waals surface area contributed by atoms with Gasteiger partial charge in [-0.05, 0) is 6.42 Å². The van der Waals surface area contributed by atoms with Crippen LogP contribution in [0, 0.1) is 0 Å². The van der Waals surface area contributed by atoms with Crippen molar-refractivity contribution in [2.75, 3.05) is 13.2 Å². The predicted octanol–water partition coefficient (Wildman–Crippen LogP) is 0.369. The van der Waals surface area contributed by atoms with E-state index < -0.39 is 18.6 Å². The lowest BCUT2D eigenvalue weighted by atomic mass is 10.1. The first-order chi connectivity index (χ1) is 4.13. The second-order valence-electron chi connectivity index (χ2n) is 2.21. The Morgan fingerprint density at radius 1 is 1.56 bits per heavy atom. The Hall–Kier alpha value is -0.220. The van der Waals surface area contributed by atoms with Crippen molar-refractivity contribution in [1.29, 1.82) is 0 Å². The van der Waals surface area contributed by atoms with E-state index >= 15 is 0 Å². The third-order valence-electron chi connectivity index (χ3n) is 1.41. The van der Waals surface area contributed by atoms with Crippen LogP contribution in [0.1, 0.15) is 6.42 Å². The third kappa shape index (κ3) is 1.37. The smallest absolute Gasteiger partial charge is 0.285 e. The van der Waals surface area contributed by atoms with Crippen LogP contribution < -0.4 is 5.73 Å². The van der Waals surface area contributed by atoms with Gasteiger partial charge in [0, 0.05) is 6.61 Å². The number of ether oxygens (including phenoxy) is 1. The maximum absolute atomic E-state index is 12.3. The standard InChI is InChI=1S/C5H9F2NO/c6-5(7)3-9-2-1-4(5)8/h4H,1-3,8H2/t4-/m1/s1. The van der Waals surface area contributed by atoms with Gasteiger partial charge in [-0.2, -0.15) is 0 Å². The molecule has 0 spiro atoms. The fraction of sp³-hybridized carbons (Fsp3) is 1.00. The highest BCUT2D eigenvalue weighted by molar-refractivity contribution is 4.82. The van der Waals surface area contributed by atoms with Gasteiger partial charge in [0.15, 0.2) is 0 Å². The van der Waals surface area contributed by atoms with E-state index in [2.05, 4.69) is 4.74 Å². The highest BCUT2D eigenvalue weighted by Crippen LogP contribution is 2.23. The Kier molecular flexibility index (Phi) is 1.68. The molecule has 4 heteroatoms. The zero-order valence-corrected chi connectivity index (χ0v) is 4.94. The van der Waals surface area contributed by atoms with E-state index in [1.807, 2.05) is 0 Å². The van der Waals surface area contributed by atoms with E-state index in [4.69, 9.17) is 5.73 Å². The maximum Gasteiger partial charge on any atom is 0.285 e. The van der Waals surface area contributed by atoms with E-state index in [1.54, 1.807) is 0 Å². The van der Waals surface area contributed by atoms with Crippen molar-refractivity contribution in [3.8, 4) is 0 Å². The molecule has 2 nitrogen and oxygen atoms in total. The highest BCUT2D eigenvalue weighted by atomic mass is 19.3. The fourth-order valence-corrected chi connectivity index (χ4v) is 0.737. The summed E-state index contributed by atoms with van der Waals surface area (Å²) in [5, 5.41) is 0. The number of rotatable bonds is 0. The molecule has 1 aliphatic rings. The van der Waals surface area contributed by atoms with Crippen LogP contribution in [0.5, 0.6) is 0 Å². The first-order valence-electron chi connectivity index (χ1n) is 2.84. The summed E-state index contributed by atoms with van der Waals surface area (Å²) in [5.74, 6) is -2.81. The molecule has 9 heavy (non-hydrogen) atoms. The van der Waals surface area contributed by atoms with Gasteiger partial charge in [0.25, 0.3) is 5.92 Å². The molecular formula is C5H9F2NO. The normalized spacial score (nSPS) is 34.3. The molecule has 0 amide bonds. The van der Waals surface area contributed by atoms with Gasteiger partial charge in [0.05, 0.1) is 6.04 Å². The lowest BCUT2D eigenvalue weighted by Gasteiger charge is -2.27. The second kappa shape index (κ2) is 2.19. The molecule has 1 heterocycles. The van der Waals surface area contributed by atoms with Crippen LogP contribution in [0.25, 0.3) is 0 Å². The summed E-state index contributed by atoms with van der Waals surface area (Å²) in [5.41, 5.74) is 5.08. The quantitative estimate of drug-likeness (QED) is 0.523. The predicted molar refractivity (Wildman–Crippen MR) is 28.4 cm³/mol. The minimum Gasteiger partial charge on any atom is -0.375 e. The van der Waals surface area contributed by atoms with Crippen molar-refractivity contribution in [1.82, 2.24) is 0 Å². The fourth-order valence-electron chi connectivity index (χ4n) is 0.737. The highest BCUT2D eigenvalue weighted by Gasteiger charge is 2.39. The molecule has 0 aliphatic carbocycles. The van der Waals surface area contributed by atoms with Gasteiger partial charge >= 0.3 is 0 Å². The molecule has 1 atom stereocenters. The molecule has 0 bridgehead atoms. The SMILES string of the molecule is N[C@@H]1CCOCC1(F)F. The molecule has 1 aliphatic heterocycles. The summed E-state index contributed by atoms with van der Waals surface area (Å²) in [7, 11) is 0. The number of halogens is 2. The van der Waals surface area contributed by atoms with E-state index in [0.717, 1.165) is 0 Å². The summed E-state index contributed by atoms with van der Waals surface area (Å²) in [6.07, 6.45) is 0.257. The van der Waals surface area contributed by atoms with E-state index in [0.29, 0.717) is 6.61 Å². The number of hydrogen-bond acceptors (Lipinski definition) is 2. The van der Waals surface area contributed by atoms with Gasteiger partial charge in [-0.25, -0.2) is 8.78 Å². The van der Waals surface area contributed by atoms with Crippen LogP contribution in [0.3, 0.4) is 0 Å². The minimum atomic E-state index is -2.81. The van der Waals surface area contributed by atoms with Crippen molar-refractivity contribution in [2.45, 2.75) is 18.4 Å². The molecule has 54 valence electrons. The summed E-state index contributed by atoms with van der Waals surface area (Å²) in [6, 6.07) is -1.01. The molecule has 1 fully saturated rings. The van der Waals surface area contributed by atoms with Crippen LogP contribution in [0.2, 0.25) is 0 Å². The molecule has 0 aromatic heterocycles. The maximum atomic E-state index is 12.3. The van der Waals surface area contributed by atoms with E-state index in [9.17, 15) is 8.78 Å². The zero-order valence-electron chi connectivity index (χ0n) is 4.94. The number of nitrogens with two attached hydrogens (primary N) is 1. The average Bonchev–Trinajstić information content (AvgIpc) is 1.77. The van der Waals surface area contributed by atoms with Gasteiger partial charge < -0.3 is 10.5 Å². The van der Waals surface area contributed by atoms with E-state index in [1.165, 1.54) is 0 Å². The van der Waals surface area contributed by atoms with E-state index in [-0.39, 0.29) is 6.42 Å². The van der Waals surface area contributed by atoms with Gasteiger partial charge in [-0.3, -0.25) is 0 Å². The Balaban J connectivity index is 2.49. The largest absolute Gasteiger partial charge is 0.375 e. The summed E-state index contributed by atoms with van der Waals surface area (Å²) in [6.45, 7) is -0.162. The van der Waals surface area contributed by atoms with Crippen molar-refractivity contribution in [3.63, 3.8) is 0 Å². The van der Waals surface area contributed by atoms with Crippen LogP contribution >= 0.6 is 0 Å². The summed E-state index contributed by atoms with van der Waals surface area (Å²) >= 11 is 0. The number of alkyl halides is 2. The van der Waals surface area contributed by atoms with Crippen molar-refractivity contribution >= 4 is 0 Å². The van der Waals surface area contributed by atoms with Crippen LogP contribution in [0.15, 0.2) is 0 Å². The van der Waals surface area contributed by atoms with Gasteiger partial charge in [-0.15, -0.1) is 0 Å². The molecule has 2 N–H and O–H groups in total. The molecule has 0 aromatic carbocycles. The first-order valence-corrected chi connectivity index (χ1v) is 2.84. The molecule has 1 rings (SSSR count). The lowest BCUT2D eigenvalue weighted by Crippen LogP contribution is -2.48. The zero-order chi connectivity index (χ0) is 6.91. The van der Waals surface area contributed by atoms with Crippen molar-refractivity contribution in [3.05, 3.63) is 0 Å². The lowest BCUT2D eigenvalue weighted by molar-refractivity contribution is -0.127. The van der Waals surface area contributed by atoms with Gasteiger partial charge in [-0.1, -0.05) is 0 Å². The Morgan fingerprint density at radius 3 is 2.56 bits per heavy atom. The molecule has 0 radical (unpaired) electrons. The minimum absolute atomic E-state index is 0.257. The molecular weight excluding hydrogens is 128 g/mol. The third-order valence-corrected chi connectivity index (χ3v) is 1.41. The van der Waals surface area contributed by atoms with Crippen LogP contribution in [-0.2, 0) is 4.74 Å². The monoisotopic (exact) mass is 137 g/mol. The summed E-state index contributed by atoms with van der Waals surface area (Å²) < 4.78 is 29.2. The van der Waals surface area contributed by atoms with Gasteiger partial charge in [0.1, 0.15) is 6.61 Å². The first kappa shape index (κ1) is 6.89. The van der Waals surface area contributed by atoms with Crippen molar-refractivity contribution < 1.29 is 13.5 Å².